The highest BCUT2D eigenvalue weighted by atomic mass is 16.7. The van der Waals surface area contributed by atoms with Crippen molar-refractivity contribution in [3.05, 3.63) is 58.6 Å². The molecular weight excluding hydrogens is 278 g/mol. The van der Waals surface area contributed by atoms with E-state index in [1.165, 1.54) is 37.4 Å². The average Bonchev–Trinajstić information content (AvgIpc) is 2.47. The zero-order chi connectivity index (χ0) is 15.2. The van der Waals surface area contributed by atoms with E-state index in [0.29, 0.717) is 5.75 Å². The summed E-state index contributed by atoms with van der Waals surface area (Å²) < 4.78 is 14.9. The van der Waals surface area contributed by atoms with Crippen LogP contribution < -0.4 is 14.2 Å². The fourth-order valence-electron chi connectivity index (χ4n) is 1.51. The smallest absolute Gasteiger partial charge is 0.497 e. The SMILES string of the molecule is COc1cccc(OC(=O)Oc2ccc([N+](=O)[O-])cc2)c1. The van der Waals surface area contributed by atoms with E-state index < -0.39 is 11.1 Å². The van der Waals surface area contributed by atoms with Gasteiger partial charge in [-0.3, -0.25) is 10.1 Å². The van der Waals surface area contributed by atoms with Crippen LogP contribution in [0.15, 0.2) is 48.5 Å². The van der Waals surface area contributed by atoms with Crippen LogP contribution in [0.4, 0.5) is 10.5 Å². The standard InChI is InChI=1S/C14H11NO6/c1-19-12-3-2-4-13(9-12)21-14(16)20-11-7-5-10(6-8-11)15(17)18/h2-9H,1H3. The summed E-state index contributed by atoms with van der Waals surface area (Å²) in [6.07, 6.45) is -0.947. The molecule has 0 saturated carbocycles. The number of ether oxygens (including phenoxy) is 3. The van der Waals surface area contributed by atoms with Gasteiger partial charge in [0.25, 0.3) is 5.69 Å². The quantitative estimate of drug-likeness (QED) is 0.372. The maximum Gasteiger partial charge on any atom is 0.519 e. The van der Waals surface area contributed by atoms with Crippen LogP contribution in [-0.4, -0.2) is 18.2 Å². The lowest BCUT2D eigenvalue weighted by Gasteiger charge is -2.06. The molecule has 0 fully saturated rings. The number of benzene rings is 2. The van der Waals surface area contributed by atoms with E-state index in [1.807, 2.05) is 0 Å². The van der Waals surface area contributed by atoms with Crippen molar-refractivity contribution in [1.82, 2.24) is 0 Å². The molecule has 0 amide bonds. The van der Waals surface area contributed by atoms with Crippen molar-refractivity contribution in [2.45, 2.75) is 0 Å². The summed E-state index contributed by atoms with van der Waals surface area (Å²) in [7, 11) is 1.49. The minimum absolute atomic E-state index is 0.0940. The Kier molecular flexibility index (Phi) is 4.35. The van der Waals surface area contributed by atoms with Gasteiger partial charge in [-0.1, -0.05) is 6.07 Å². The molecule has 2 rings (SSSR count). The second-order valence-corrected chi connectivity index (χ2v) is 3.88. The molecule has 0 heterocycles. The molecule has 7 heteroatoms. The largest absolute Gasteiger partial charge is 0.519 e. The first-order chi connectivity index (χ1) is 10.1. The summed E-state index contributed by atoms with van der Waals surface area (Å²) >= 11 is 0. The molecule has 0 aromatic heterocycles. The van der Waals surface area contributed by atoms with E-state index >= 15 is 0 Å². The second-order valence-electron chi connectivity index (χ2n) is 3.88. The zero-order valence-corrected chi connectivity index (χ0v) is 11.0. The molecule has 0 aliphatic heterocycles. The first-order valence-electron chi connectivity index (χ1n) is 5.86. The zero-order valence-electron chi connectivity index (χ0n) is 11.0. The Bertz CT molecular complexity index is 653. The van der Waals surface area contributed by atoms with E-state index in [1.54, 1.807) is 18.2 Å². The van der Waals surface area contributed by atoms with E-state index in [4.69, 9.17) is 14.2 Å². The first kappa shape index (κ1) is 14.3. The van der Waals surface area contributed by atoms with Crippen molar-refractivity contribution in [3.63, 3.8) is 0 Å². The minimum atomic E-state index is -0.947. The van der Waals surface area contributed by atoms with Gasteiger partial charge < -0.3 is 14.2 Å². The molecule has 0 aliphatic rings. The molecule has 2 aromatic rings. The lowest BCUT2D eigenvalue weighted by atomic mass is 10.3. The summed E-state index contributed by atoms with van der Waals surface area (Å²) in [6, 6.07) is 11.5. The highest BCUT2D eigenvalue weighted by Gasteiger charge is 2.10. The van der Waals surface area contributed by atoms with Gasteiger partial charge in [-0.25, -0.2) is 4.79 Å². The van der Waals surface area contributed by atoms with Crippen LogP contribution in [0.1, 0.15) is 0 Å². The van der Waals surface area contributed by atoms with Gasteiger partial charge in [0.1, 0.15) is 17.2 Å². The summed E-state index contributed by atoms with van der Waals surface area (Å²) in [6.45, 7) is 0. The number of rotatable bonds is 4. The van der Waals surface area contributed by atoms with Crippen LogP contribution in [-0.2, 0) is 0 Å². The fraction of sp³-hybridized carbons (Fsp3) is 0.0714. The van der Waals surface area contributed by atoms with Crippen molar-refractivity contribution in [2.75, 3.05) is 7.11 Å². The Morgan fingerprint density at radius 1 is 1.00 bits per heavy atom. The van der Waals surface area contributed by atoms with Crippen LogP contribution >= 0.6 is 0 Å². The maximum atomic E-state index is 11.6. The number of methoxy groups -OCH3 is 1. The number of nitro benzene ring substituents is 1. The van der Waals surface area contributed by atoms with Gasteiger partial charge in [0, 0.05) is 18.2 Å². The van der Waals surface area contributed by atoms with Gasteiger partial charge in [0.2, 0.25) is 0 Å². The minimum Gasteiger partial charge on any atom is -0.497 e. The Morgan fingerprint density at radius 2 is 1.62 bits per heavy atom. The van der Waals surface area contributed by atoms with Crippen molar-refractivity contribution in [1.29, 1.82) is 0 Å². The highest BCUT2D eigenvalue weighted by Crippen LogP contribution is 2.21. The molecule has 21 heavy (non-hydrogen) atoms. The number of hydrogen-bond donors (Lipinski definition) is 0. The number of carbonyl (C=O) groups is 1. The number of nitrogens with zero attached hydrogens (tertiary/aromatic N) is 1. The fourth-order valence-corrected chi connectivity index (χ4v) is 1.51. The van der Waals surface area contributed by atoms with Crippen LogP contribution in [0.3, 0.4) is 0 Å². The molecule has 0 spiro atoms. The molecule has 0 atom stereocenters. The van der Waals surface area contributed by atoms with Gasteiger partial charge in [-0.05, 0) is 24.3 Å². The van der Waals surface area contributed by atoms with Crippen molar-refractivity contribution in [2.24, 2.45) is 0 Å². The Hall–Kier alpha value is -3.09. The number of hydrogen-bond acceptors (Lipinski definition) is 6. The molecule has 0 radical (unpaired) electrons. The monoisotopic (exact) mass is 289 g/mol. The van der Waals surface area contributed by atoms with Crippen molar-refractivity contribution >= 4 is 11.8 Å². The third-order valence-electron chi connectivity index (χ3n) is 2.49. The lowest BCUT2D eigenvalue weighted by molar-refractivity contribution is -0.384. The molecule has 108 valence electrons. The number of non-ortho nitro benzene ring substituents is 1. The molecular formula is C14H11NO6. The Labute approximate surface area is 119 Å². The van der Waals surface area contributed by atoms with Crippen molar-refractivity contribution < 1.29 is 23.9 Å². The van der Waals surface area contributed by atoms with Gasteiger partial charge in [0.05, 0.1) is 12.0 Å². The van der Waals surface area contributed by atoms with Gasteiger partial charge >= 0.3 is 6.16 Å². The predicted octanol–water partition coefficient (Wildman–Crippen LogP) is 3.18. The summed E-state index contributed by atoms with van der Waals surface area (Å²) in [5, 5.41) is 10.5. The van der Waals surface area contributed by atoms with E-state index in [9.17, 15) is 14.9 Å². The lowest BCUT2D eigenvalue weighted by Crippen LogP contribution is -2.13. The predicted molar refractivity (Wildman–Crippen MR) is 72.7 cm³/mol. The molecule has 0 saturated heterocycles. The number of carbonyl (C=O) groups excluding carboxylic acids is 1. The highest BCUT2D eigenvalue weighted by molar-refractivity contribution is 5.67. The average molecular weight is 289 g/mol. The molecule has 0 bridgehead atoms. The molecule has 0 aliphatic carbocycles. The molecule has 2 aromatic carbocycles. The van der Waals surface area contributed by atoms with Crippen LogP contribution in [0.2, 0.25) is 0 Å². The molecule has 7 nitrogen and oxygen atoms in total. The van der Waals surface area contributed by atoms with E-state index in [0.717, 1.165) is 0 Å². The van der Waals surface area contributed by atoms with Crippen LogP contribution in [0.25, 0.3) is 0 Å². The van der Waals surface area contributed by atoms with Crippen molar-refractivity contribution in [3.8, 4) is 17.2 Å². The third kappa shape index (κ3) is 3.93. The Balaban J connectivity index is 1.99. The summed E-state index contributed by atoms with van der Waals surface area (Å²) in [5.74, 6) is 0.949. The van der Waals surface area contributed by atoms with Gasteiger partial charge in [0.15, 0.2) is 0 Å². The normalized spacial score (nSPS) is 9.76. The first-order valence-corrected chi connectivity index (χ1v) is 5.86. The number of nitro groups is 1. The molecule has 0 N–H and O–H groups in total. The topological polar surface area (TPSA) is 87.9 Å². The van der Waals surface area contributed by atoms with Crippen LogP contribution in [0.5, 0.6) is 17.2 Å². The third-order valence-corrected chi connectivity index (χ3v) is 2.49. The maximum absolute atomic E-state index is 11.6. The Morgan fingerprint density at radius 3 is 2.24 bits per heavy atom. The van der Waals surface area contributed by atoms with Crippen LogP contribution in [0, 0.1) is 10.1 Å². The second kappa shape index (κ2) is 6.38. The van der Waals surface area contributed by atoms with E-state index in [2.05, 4.69) is 0 Å². The van der Waals surface area contributed by atoms with Gasteiger partial charge in [-0.15, -0.1) is 0 Å². The van der Waals surface area contributed by atoms with E-state index in [-0.39, 0.29) is 17.2 Å². The summed E-state index contributed by atoms with van der Waals surface area (Å²) in [5.41, 5.74) is -0.0940. The summed E-state index contributed by atoms with van der Waals surface area (Å²) in [4.78, 5) is 21.5. The van der Waals surface area contributed by atoms with Gasteiger partial charge in [-0.2, -0.15) is 0 Å². The molecule has 0 unspecified atom stereocenters.